The summed E-state index contributed by atoms with van der Waals surface area (Å²) in [6.45, 7) is 0. The van der Waals surface area contributed by atoms with Crippen LogP contribution in [0.5, 0.6) is 0 Å². The monoisotopic (exact) mass is 216 g/mol. The minimum atomic E-state index is -0.362. The molecule has 1 aromatic rings. The second-order valence-corrected chi connectivity index (χ2v) is 3.53. The Morgan fingerprint density at radius 1 is 1.31 bits per heavy atom. The van der Waals surface area contributed by atoms with Gasteiger partial charge in [0.1, 0.15) is 0 Å². The van der Waals surface area contributed by atoms with Gasteiger partial charge >= 0.3 is 0 Å². The van der Waals surface area contributed by atoms with E-state index in [1.54, 1.807) is 0 Å². The van der Waals surface area contributed by atoms with Crippen LogP contribution in [0.15, 0.2) is 30.3 Å². The van der Waals surface area contributed by atoms with Gasteiger partial charge in [0.2, 0.25) is 5.24 Å². The maximum atomic E-state index is 10.9. The van der Waals surface area contributed by atoms with Crippen LogP contribution in [0.2, 0.25) is 0 Å². The van der Waals surface area contributed by atoms with Gasteiger partial charge in [-0.15, -0.1) is 11.6 Å². The molecule has 70 valence electrons. The minimum Gasteiger partial charge on any atom is -0.281 e. The smallest absolute Gasteiger partial charge is 0.226 e. The lowest BCUT2D eigenvalue weighted by Crippen LogP contribution is -2.13. The van der Waals surface area contributed by atoms with Crippen LogP contribution in [-0.4, -0.2) is 11.1 Å². The third-order valence-corrected chi connectivity index (χ3v) is 2.51. The number of carbonyl (C=O) groups excluding carboxylic acids is 1. The number of rotatable bonds is 4. The molecular weight excluding hydrogens is 207 g/mol. The molecule has 1 unspecified atom stereocenters. The van der Waals surface area contributed by atoms with E-state index in [9.17, 15) is 4.79 Å². The van der Waals surface area contributed by atoms with E-state index in [-0.39, 0.29) is 17.0 Å². The number of alkyl halides is 1. The molecule has 13 heavy (non-hydrogen) atoms. The average Bonchev–Trinajstić information content (AvgIpc) is 2.15. The Hall–Kier alpha value is -0.530. The van der Waals surface area contributed by atoms with Gasteiger partial charge in [0.25, 0.3) is 0 Å². The number of hydrogen-bond donors (Lipinski definition) is 0. The van der Waals surface area contributed by atoms with Crippen molar-refractivity contribution in [1.82, 2.24) is 0 Å². The third-order valence-electron chi connectivity index (χ3n) is 1.83. The van der Waals surface area contributed by atoms with E-state index in [0.29, 0.717) is 6.42 Å². The van der Waals surface area contributed by atoms with Crippen LogP contribution < -0.4 is 0 Å². The summed E-state index contributed by atoms with van der Waals surface area (Å²) in [6, 6.07) is 9.71. The van der Waals surface area contributed by atoms with Crippen LogP contribution in [0.1, 0.15) is 5.56 Å². The van der Waals surface area contributed by atoms with E-state index < -0.39 is 0 Å². The fourth-order valence-corrected chi connectivity index (χ4v) is 1.58. The van der Waals surface area contributed by atoms with Crippen molar-refractivity contribution in [2.45, 2.75) is 6.42 Å². The average molecular weight is 217 g/mol. The lowest BCUT2D eigenvalue weighted by molar-refractivity contribution is -0.114. The Morgan fingerprint density at radius 2 is 1.92 bits per heavy atom. The van der Waals surface area contributed by atoms with Gasteiger partial charge in [-0.05, 0) is 23.6 Å². The summed E-state index contributed by atoms with van der Waals surface area (Å²) in [5.74, 6) is 0.00256. The Bertz CT molecular complexity index is 272. The maximum absolute atomic E-state index is 10.9. The first kappa shape index (κ1) is 10.6. The highest BCUT2D eigenvalue weighted by molar-refractivity contribution is 6.64. The summed E-state index contributed by atoms with van der Waals surface area (Å²) < 4.78 is 0. The molecule has 3 heteroatoms. The third kappa shape index (κ3) is 3.37. The maximum Gasteiger partial charge on any atom is 0.226 e. The van der Waals surface area contributed by atoms with Gasteiger partial charge in [-0.3, -0.25) is 4.79 Å². The Balaban J connectivity index is 2.62. The highest BCUT2D eigenvalue weighted by Crippen LogP contribution is 2.12. The van der Waals surface area contributed by atoms with Crippen LogP contribution in [0.25, 0.3) is 0 Å². The lowest BCUT2D eigenvalue weighted by Gasteiger charge is -2.07. The summed E-state index contributed by atoms with van der Waals surface area (Å²) >= 11 is 11.0. The Kier molecular flexibility index (Phi) is 4.26. The largest absolute Gasteiger partial charge is 0.281 e. The van der Waals surface area contributed by atoms with Crippen molar-refractivity contribution in [1.29, 1.82) is 0 Å². The van der Waals surface area contributed by atoms with E-state index >= 15 is 0 Å². The quantitative estimate of drug-likeness (QED) is 0.559. The zero-order chi connectivity index (χ0) is 9.68. The minimum absolute atomic E-state index is 0.272. The molecule has 0 amide bonds. The first-order valence-electron chi connectivity index (χ1n) is 4.03. The first-order chi connectivity index (χ1) is 6.24. The van der Waals surface area contributed by atoms with E-state index in [2.05, 4.69) is 0 Å². The SMILES string of the molecule is O=C(Cl)C(CCl)Cc1ccccc1. The molecule has 0 aliphatic rings. The molecule has 1 nitrogen and oxygen atoms in total. The zero-order valence-electron chi connectivity index (χ0n) is 7.04. The topological polar surface area (TPSA) is 17.1 Å². The molecule has 0 heterocycles. The number of benzene rings is 1. The fourth-order valence-electron chi connectivity index (χ4n) is 1.09. The summed E-state index contributed by atoms with van der Waals surface area (Å²) in [5.41, 5.74) is 1.09. The second-order valence-electron chi connectivity index (χ2n) is 2.85. The molecular formula is C10H10Cl2O. The van der Waals surface area contributed by atoms with E-state index in [4.69, 9.17) is 23.2 Å². The van der Waals surface area contributed by atoms with Crippen LogP contribution >= 0.6 is 23.2 Å². The summed E-state index contributed by atoms with van der Waals surface area (Å²) in [6.07, 6.45) is 0.618. The van der Waals surface area contributed by atoms with E-state index in [1.807, 2.05) is 30.3 Å². The van der Waals surface area contributed by atoms with E-state index in [0.717, 1.165) is 5.56 Å². The summed E-state index contributed by atoms with van der Waals surface area (Å²) in [5, 5.41) is -0.362. The predicted octanol–water partition coefficient (Wildman–Crippen LogP) is 2.85. The molecule has 0 aliphatic heterocycles. The van der Waals surface area contributed by atoms with Gasteiger partial charge in [-0.2, -0.15) is 0 Å². The molecule has 0 N–H and O–H groups in total. The van der Waals surface area contributed by atoms with Crippen LogP contribution in [0.4, 0.5) is 0 Å². The standard InChI is InChI=1S/C10H10Cl2O/c11-7-9(10(12)13)6-8-4-2-1-3-5-8/h1-5,9H,6-7H2. The van der Waals surface area contributed by atoms with Gasteiger partial charge in [-0.1, -0.05) is 30.3 Å². The fraction of sp³-hybridized carbons (Fsp3) is 0.300. The van der Waals surface area contributed by atoms with Crippen molar-refractivity contribution >= 4 is 28.4 Å². The summed E-state index contributed by atoms with van der Waals surface area (Å²) in [7, 11) is 0. The van der Waals surface area contributed by atoms with Crippen LogP contribution in [0, 0.1) is 5.92 Å². The molecule has 1 rings (SSSR count). The molecule has 0 saturated heterocycles. The molecule has 0 aliphatic carbocycles. The van der Waals surface area contributed by atoms with Crippen LogP contribution in [-0.2, 0) is 11.2 Å². The number of carbonyl (C=O) groups is 1. The molecule has 0 saturated carbocycles. The molecule has 1 aromatic carbocycles. The summed E-state index contributed by atoms with van der Waals surface area (Å²) in [4.78, 5) is 10.9. The normalized spacial score (nSPS) is 12.5. The molecule has 0 fully saturated rings. The van der Waals surface area contributed by atoms with Crippen molar-refractivity contribution in [2.24, 2.45) is 5.92 Å². The van der Waals surface area contributed by atoms with Crippen molar-refractivity contribution in [3.63, 3.8) is 0 Å². The van der Waals surface area contributed by atoms with Crippen molar-refractivity contribution in [2.75, 3.05) is 5.88 Å². The lowest BCUT2D eigenvalue weighted by atomic mass is 10.0. The van der Waals surface area contributed by atoms with Gasteiger partial charge in [0.05, 0.1) is 5.92 Å². The van der Waals surface area contributed by atoms with E-state index in [1.165, 1.54) is 0 Å². The van der Waals surface area contributed by atoms with Crippen molar-refractivity contribution in [3.8, 4) is 0 Å². The second kappa shape index (κ2) is 5.25. The highest BCUT2D eigenvalue weighted by Gasteiger charge is 2.14. The molecule has 0 radical (unpaired) electrons. The molecule has 0 aromatic heterocycles. The Labute approximate surface area is 87.7 Å². The highest BCUT2D eigenvalue weighted by atomic mass is 35.5. The molecule has 1 atom stereocenters. The zero-order valence-corrected chi connectivity index (χ0v) is 8.55. The molecule has 0 bridgehead atoms. The van der Waals surface area contributed by atoms with Crippen LogP contribution in [0.3, 0.4) is 0 Å². The first-order valence-corrected chi connectivity index (χ1v) is 4.94. The Morgan fingerprint density at radius 3 is 2.38 bits per heavy atom. The van der Waals surface area contributed by atoms with Crippen molar-refractivity contribution < 1.29 is 4.79 Å². The van der Waals surface area contributed by atoms with Gasteiger partial charge in [-0.25, -0.2) is 0 Å². The van der Waals surface area contributed by atoms with Gasteiger partial charge in [0.15, 0.2) is 0 Å². The van der Waals surface area contributed by atoms with Gasteiger partial charge in [0, 0.05) is 5.88 Å². The van der Waals surface area contributed by atoms with Crippen molar-refractivity contribution in [3.05, 3.63) is 35.9 Å². The molecule has 0 spiro atoms. The predicted molar refractivity (Wildman–Crippen MR) is 55.2 cm³/mol. The number of halogens is 2. The van der Waals surface area contributed by atoms with Gasteiger partial charge < -0.3 is 0 Å². The number of hydrogen-bond acceptors (Lipinski definition) is 1.